The molecule has 0 saturated carbocycles. The maximum absolute atomic E-state index is 12.7. The number of benzene rings is 2. The summed E-state index contributed by atoms with van der Waals surface area (Å²) >= 11 is 1.49. The first kappa shape index (κ1) is 23.2. The number of nitrogens with zero attached hydrogens (tertiary/aromatic N) is 1. The van der Waals surface area contributed by atoms with Gasteiger partial charge in [-0.05, 0) is 36.6 Å². The second kappa shape index (κ2) is 10.7. The maximum atomic E-state index is 12.7. The van der Waals surface area contributed by atoms with E-state index in [1.807, 2.05) is 24.4 Å². The summed E-state index contributed by atoms with van der Waals surface area (Å²) in [5, 5.41) is 5.78. The average molecular weight is 471 g/mol. The van der Waals surface area contributed by atoms with E-state index in [4.69, 9.17) is 4.84 Å². The molecule has 3 aromatic rings. The Morgan fingerprint density at radius 3 is 2.59 bits per heavy atom. The molecular formula is C22H22N4O4S2. The van der Waals surface area contributed by atoms with E-state index in [-0.39, 0.29) is 11.5 Å². The summed E-state index contributed by atoms with van der Waals surface area (Å²) in [6.45, 7) is 5.41. The predicted molar refractivity (Wildman–Crippen MR) is 127 cm³/mol. The molecule has 1 amide bonds. The first-order valence-electron chi connectivity index (χ1n) is 9.46. The largest absolute Gasteiger partial charge is 0.279 e. The van der Waals surface area contributed by atoms with Crippen molar-refractivity contribution in [1.29, 1.82) is 0 Å². The summed E-state index contributed by atoms with van der Waals surface area (Å²) in [5.74, 6) is -0.495. The molecule has 0 bridgehead atoms. The number of hydrogen-bond donors (Lipinski definition) is 3. The predicted octanol–water partition coefficient (Wildman–Crippen LogP) is 3.50. The number of carbonyl (C=O) groups is 1. The molecule has 0 spiro atoms. The molecule has 0 unspecified atom stereocenters. The minimum Gasteiger partial charge on any atom is -0.279 e. The van der Waals surface area contributed by atoms with Gasteiger partial charge in [0, 0.05) is 5.56 Å². The van der Waals surface area contributed by atoms with Crippen molar-refractivity contribution >= 4 is 44.9 Å². The van der Waals surface area contributed by atoms with E-state index in [0.717, 1.165) is 10.4 Å². The highest BCUT2D eigenvalue weighted by Gasteiger charge is 2.15. The highest BCUT2D eigenvalue weighted by molar-refractivity contribution is 7.92. The van der Waals surface area contributed by atoms with Crippen LogP contribution in [-0.4, -0.2) is 27.1 Å². The summed E-state index contributed by atoms with van der Waals surface area (Å²) < 4.78 is 27.8. The minimum atomic E-state index is -3.77. The number of carbonyl (C=O) groups excluding carboxylic acids is 1. The zero-order valence-corrected chi connectivity index (χ0v) is 18.9. The van der Waals surface area contributed by atoms with Gasteiger partial charge in [-0.25, -0.2) is 13.8 Å². The van der Waals surface area contributed by atoms with E-state index in [1.165, 1.54) is 29.7 Å². The number of rotatable bonds is 10. The monoisotopic (exact) mass is 470 g/mol. The summed E-state index contributed by atoms with van der Waals surface area (Å²) in [4.78, 5) is 18.1. The molecule has 8 nitrogen and oxygen atoms in total. The Hall–Kier alpha value is -3.47. The van der Waals surface area contributed by atoms with Crippen LogP contribution < -0.4 is 15.6 Å². The van der Waals surface area contributed by atoms with Gasteiger partial charge in [-0.1, -0.05) is 48.5 Å². The highest BCUT2D eigenvalue weighted by atomic mass is 32.2. The lowest BCUT2D eigenvalue weighted by Gasteiger charge is -2.11. The quantitative estimate of drug-likeness (QED) is 0.310. The fourth-order valence-electron chi connectivity index (χ4n) is 2.52. The molecule has 0 aliphatic heterocycles. The Morgan fingerprint density at radius 1 is 1.12 bits per heavy atom. The minimum absolute atomic E-state index is 0.150. The number of hydrogen-bond acceptors (Lipinski definition) is 7. The van der Waals surface area contributed by atoms with Gasteiger partial charge in [0.15, 0.2) is 6.61 Å². The third-order valence-corrected chi connectivity index (χ3v) is 6.46. The zero-order valence-electron chi connectivity index (χ0n) is 17.2. The Morgan fingerprint density at radius 2 is 1.88 bits per heavy atom. The van der Waals surface area contributed by atoms with Crippen LogP contribution in [0, 0.1) is 6.92 Å². The molecule has 1 aromatic heterocycles. The number of amides is 1. The van der Waals surface area contributed by atoms with Gasteiger partial charge >= 0.3 is 0 Å². The zero-order chi connectivity index (χ0) is 23.0. The molecule has 3 rings (SSSR count). The Kier molecular flexibility index (Phi) is 7.77. The van der Waals surface area contributed by atoms with Gasteiger partial charge in [0.2, 0.25) is 0 Å². The maximum Gasteiger partial charge on any atom is 0.268 e. The molecule has 166 valence electrons. The molecule has 0 saturated heterocycles. The first-order chi connectivity index (χ1) is 15.3. The summed E-state index contributed by atoms with van der Waals surface area (Å²) in [6.07, 6.45) is 1.35. The van der Waals surface area contributed by atoms with Crippen molar-refractivity contribution in [3.63, 3.8) is 0 Å². The second-order valence-electron chi connectivity index (χ2n) is 6.65. The van der Waals surface area contributed by atoms with Gasteiger partial charge in [0.25, 0.3) is 15.9 Å². The smallest absolute Gasteiger partial charge is 0.268 e. The lowest BCUT2D eigenvalue weighted by molar-refractivity contribution is -0.127. The van der Waals surface area contributed by atoms with E-state index in [1.54, 1.807) is 36.4 Å². The van der Waals surface area contributed by atoms with E-state index >= 15 is 0 Å². The summed E-state index contributed by atoms with van der Waals surface area (Å²) in [5.41, 5.74) is 7.25. The molecule has 3 N–H and O–H groups in total. The molecule has 0 atom stereocenters. The molecule has 10 heteroatoms. The number of thiophene rings is 1. The highest BCUT2D eigenvalue weighted by Crippen LogP contribution is 2.19. The van der Waals surface area contributed by atoms with Crippen LogP contribution in [0.4, 0.5) is 5.69 Å². The fraction of sp³-hybridized carbons (Fsp3) is 0.0909. The molecule has 1 heterocycles. The summed E-state index contributed by atoms with van der Waals surface area (Å²) in [6, 6.07) is 17.0. The van der Waals surface area contributed by atoms with Gasteiger partial charge < -0.3 is 0 Å². The van der Waals surface area contributed by atoms with Crippen molar-refractivity contribution in [3.05, 3.63) is 88.6 Å². The molecule has 2 aromatic carbocycles. The van der Waals surface area contributed by atoms with Crippen LogP contribution in [0.5, 0.6) is 0 Å². The fourth-order valence-corrected chi connectivity index (χ4v) is 4.25. The molecule has 0 aliphatic carbocycles. The van der Waals surface area contributed by atoms with Crippen LogP contribution >= 0.6 is 11.3 Å². The lowest BCUT2D eigenvalue weighted by Crippen LogP contribution is -2.26. The number of nitrogens with one attached hydrogen (secondary N) is 3. The molecular weight excluding hydrogens is 448 g/mol. The van der Waals surface area contributed by atoms with Crippen LogP contribution in [0.2, 0.25) is 0 Å². The molecule has 0 radical (unpaired) electrons. The van der Waals surface area contributed by atoms with Crippen molar-refractivity contribution in [2.45, 2.75) is 11.8 Å². The third kappa shape index (κ3) is 6.51. The SMILES string of the molecule is C=C(NOCC(=O)NN=Cc1ccccc1NS(=O)(=O)c1ccc(C)cc1)c1cccs1. The van der Waals surface area contributed by atoms with Crippen LogP contribution in [0.1, 0.15) is 16.0 Å². The van der Waals surface area contributed by atoms with E-state index < -0.39 is 15.9 Å². The normalized spacial score (nSPS) is 11.3. The topological polar surface area (TPSA) is 109 Å². The van der Waals surface area contributed by atoms with E-state index in [9.17, 15) is 13.2 Å². The first-order valence-corrected chi connectivity index (χ1v) is 11.8. The van der Waals surface area contributed by atoms with E-state index in [0.29, 0.717) is 16.9 Å². The van der Waals surface area contributed by atoms with Crippen molar-refractivity contribution in [3.8, 4) is 0 Å². The number of para-hydroxylation sites is 1. The van der Waals surface area contributed by atoms with Gasteiger partial charge in [-0.15, -0.1) is 11.3 Å². The molecule has 0 fully saturated rings. The average Bonchev–Trinajstić information content (AvgIpc) is 3.30. The van der Waals surface area contributed by atoms with Crippen molar-refractivity contribution < 1.29 is 18.0 Å². The number of hydrazone groups is 1. The van der Waals surface area contributed by atoms with Crippen LogP contribution in [0.3, 0.4) is 0 Å². The summed E-state index contributed by atoms with van der Waals surface area (Å²) in [7, 11) is -3.77. The van der Waals surface area contributed by atoms with Crippen LogP contribution in [0.15, 0.2) is 82.6 Å². The Labute approximate surface area is 190 Å². The number of sulfonamides is 1. The van der Waals surface area contributed by atoms with Gasteiger partial charge in [-0.2, -0.15) is 5.10 Å². The van der Waals surface area contributed by atoms with Crippen molar-refractivity contribution in [2.24, 2.45) is 5.10 Å². The Bertz CT molecular complexity index is 1200. The third-order valence-electron chi connectivity index (χ3n) is 4.15. The van der Waals surface area contributed by atoms with Gasteiger partial charge in [0.1, 0.15) is 0 Å². The molecule has 32 heavy (non-hydrogen) atoms. The number of anilines is 1. The second-order valence-corrected chi connectivity index (χ2v) is 9.28. The lowest BCUT2D eigenvalue weighted by atomic mass is 10.2. The van der Waals surface area contributed by atoms with Gasteiger partial charge in [0.05, 0.1) is 27.4 Å². The number of aryl methyl sites for hydroxylation is 1. The molecule has 0 aliphatic rings. The van der Waals surface area contributed by atoms with E-state index in [2.05, 4.69) is 27.3 Å². The van der Waals surface area contributed by atoms with Crippen molar-refractivity contribution in [1.82, 2.24) is 10.9 Å². The Balaban J connectivity index is 1.55. The van der Waals surface area contributed by atoms with Crippen molar-refractivity contribution in [2.75, 3.05) is 11.3 Å². The van der Waals surface area contributed by atoms with Crippen LogP contribution in [0.25, 0.3) is 5.70 Å². The van der Waals surface area contributed by atoms with Crippen LogP contribution in [-0.2, 0) is 19.7 Å². The van der Waals surface area contributed by atoms with Gasteiger partial charge in [-0.3, -0.25) is 19.8 Å². The standard InChI is InChI=1S/C22H22N4O4S2/c1-16-9-11-19(12-10-16)32(28,29)26-20-7-4-3-6-18(20)14-23-24-22(27)15-30-25-17(2)21-8-5-13-31-21/h3-14,25-26H,2,15H2,1H3,(H,24,27). The number of hydroxylamine groups is 1.